The number of methoxy groups -OCH3 is 1. The van der Waals surface area contributed by atoms with Crippen LogP contribution in [0.3, 0.4) is 0 Å². The highest BCUT2D eigenvalue weighted by molar-refractivity contribution is 5.69. The summed E-state index contributed by atoms with van der Waals surface area (Å²) in [6, 6.07) is 4.40. The first kappa shape index (κ1) is 15.6. The summed E-state index contributed by atoms with van der Waals surface area (Å²) in [7, 11) is 1.19. The van der Waals surface area contributed by atoms with Crippen molar-refractivity contribution in [2.45, 2.75) is 13.5 Å². The van der Waals surface area contributed by atoms with E-state index in [9.17, 15) is 18.4 Å². The monoisotopic (exact) mass is 309 g/mol. The molecule has 1 heterocycles. The number of carbonyl (C=O) groups is 1. The van der Waals surface area contributed by atoms with Gasteiger partial charge in [0.15, 0.2) is 11.6 Å². The van der Waals surface area contributed by atoms with Crippen LogP contribution in [0.15, 0.2) is 29.1 Å². The summed E-state index contributed by atoms with van der Waals surface area (Å²) >= 11 is 0. The first-order valence-electron chi connectivity index (χ1n) is 6.28. The zero-order valence-electron chi connectivity index (χ0n) is 11.9. The third-order valence-electron chi connectivity index (χ3n) is 2.83. The average Bonchev–Trinajstić information content (AvgIpc) is 2.46. The molecule has 0 bridgehead atoms. The first-order chi connectivity index (χ1) is 10.4. The minimum Gasteiger partial charge on any atom is -0.468 e. The maximum Gasteiger partial charge on any atom is 0.325 e. The number of benzene rings is 1. The van der Waals surface area contributed by atoms with Crippen LogP contribution in [0.2, 0.25) is 0 Å². The molecular formula is C14H13F2N3O3. The molecule has 0 unspecified atom stereocenters. The summed E-state index contributed by atoms with van der Waals surface area (Å²) in [5.74, 6) is -2.64. The van der Waals surface area contributed by atoms with E-state index < -0.39 is 23.2 Å². The standard InChI is InChI=1S/C14H13F2N3O3/c1-8-5-12(20)19(7-13(21)22-2)14(17-8)18-9-3-4-10(15)11(16)6-9/h3-6H,7H2,1-2H3,(H,17,18). The van der Waals surface area contributed by atoms with Crippen LogP contribution in [0.1, 0.15) is 5.69 Å². The molecule has 0 aliphatic carbocycles. The van der Waals surface area contributed by atoms with Crippen molar-refractivity contribution < 1.29 is 18.3 Å². The second kappa shape index (κ2) is 6.33. The van der Waals surface area contributed by atoms with Crippen molar-refractivity contribution in [3.8, 4) is 0 Å². The molecule has 0 saturated carbocycles. The molecule has 2 rings (SSSR count). The van der Waals surface area contributed by atoms with E-state index in [2.05, 4.69) is 15.0 Å². The number of rotatable bonds is 4. The Morgan fingerprint density at radius 2 is 2.05 bits per heavy atom. The molecule has 0 spiro atoms. The fourth-order valence-corrected chi connectivity index (χ4v) is 1.77. The van der Waals surface area contributed by atoms with Crippen LogP contribution in [-0.4, -0.2) is 22.6 Å². The van der Waals surface area contributed by atoms with Crippen molar-refractivity contribution in [3.63, 3.8) is 0 Å². The highest BCUT2D eigenvalue weighted by atomic mass is 19.2. The molecule has 1 aromatic carbocycles. The molecule has 0 saturated heterocycles. The molecule has 0 amide bonds. The number of hydrogen-bond donors (Lipinski definition) is 1. The number of esters is 1. The normalized spacial score (nSPS) is 10.4. The summed E-state index contributed by atoms with van der Waals surface area (Å²) in [6.07, 6.45) is 0. The van der Waals surface area contributed by atoms with Gasteiger partial charge in [-0.2, -0.15) is 0 Å². The van der Waals surface area contributed by atoms with E-state index in [1.807, 2.05) is 0 Å². The van der Waals surface area contributed by atoms with Crippen LogP contribution in [-0.2, 0) is 16.1 Å². The molecule has 0 aliphatic heterocycles. The number of ether oxygens (including phenoxy) is 1. The Hall–Kier alpha value is -2.77. The first-order valence-corrected chi connectivity index (χ1v) is 6.28. The van der Waals surface area contributed by atoms with Crippen molar-refractivity contribution in [2.75, 3.05) is 12.4 Å². The molecule has 6 nitrogen and oxygen atoms in total. The predicted octanol–water partition coefficient (Wildman–Crippen LogP) is 1.75. The number of aryl methyl sites for hydroxylation is 1. The second-order valence-electron chi connectivity index (χ2n) is 4.48. The third-order valence-corrected chi connectivity index (χ3v) is 2.83. The van der Waals surface area contributed by atoms with Crippen molar-refractivity contribution in [1.82, 2.24) is 9.55 Å². The fourth-order valence-electron chi connectivity index (χ4n) is 1.77. The summed E-state index contributed by atoms with van der Waals surface area (Å²) in [6.45, 7) is 1.24. The number of aromatic nitrogens is 2. The van der Waals surface area contributed by atoms with Crippen LogP contribution < -0.4 is 10.9 Å². The van der Waals surface area contributed by atoms with Crippen LogP contribution in [0, 0.1) is 18.6 Å². The van der Waals surface area contributed by atoms with Gasteiger partial charge in [-0.1, -0.05) is 0 Å². The minimum absolute atomic E-state index is 0.0291. The fraction of sp³-hybridized carbons (Fsp3) is 0.214. The summed E-state index contributed by atoms with van der Waals surface area (Å²) in [5.41, 5.74) is 0.134. The van der Waals surface area contributed by atoms with E-state index in [1.165, 1.54) is 19.2 Å². The van der Waals surface area contributed by atoms with Gasteiger partial charge in [0, 0.05) is 23.5 Å². The highest BCUT2D eigenvalue weighted by Gasteiger charge is 2.12. The average molecular weight is 309 g/mol. The smallest absolute Gasteiger partial charge is 0.325 e. The molecule has 116 valence electrons. The largest absolute Gasteiger partial charge is 0.468 e. The Balaban J connectivity index is 2.42. The van der Waals surface area contributed by atoms with E-state index in [-0.39, 0.29) is 18.2 Å². The van der Waals surface area contributed by atoms with E-state index in [4.69, 9.17) is 0 Å². The lowest BCUT2D eigenvalue weighted by Crippen LogP contribution is -2.27. The number of nitrogens with zero attached hydrogens (tertiary/aromatic N) is 2. The number of anilines is 2. The molecule has 1 N–H and O–H groups in total. The van der Waals surface area contributed by atoms with Crippen LogP contribution in [0.25, 0.3) is 0 Å². The van der Waals surface area contributed by atoms with E-state index >= 15 is 0 Å². The van der Waals surface area contributed by atoms with Gasteiger partial charge in [-0.25, -0.2) is 13.8 Å². The summed E-state index contributed by atoms with van der Waals surface area (Å²) < 4.78 is 31.7. The minimum atomic E-state index is -1.04. The maximum absolute atomic E-state index is 13.2. The van der Waals surface area contributed by atoms with Gasteiger partial charge in [-0.15, -0.1) is 0 Å². The van der Waals surface area contributed by atoms with Crippen molar-refractivity contribution in [3.05, 3.63) is 51.9 Å². The SMILES string of the molecule is COC(=O)Cn1c(Nc2ccc(F)c(F)c2)nc(C)cc1=O. The van der Waals surface area contributed by atoms with Gasteiger partial charge in [0.1, 0.15) is 6.54 Å². The maximum atomic E-state index is 13.2. The zero-order chi connectivity index (χ0) is 16.3. The highest BCUT2D eigenvalue weighted by Crippen LogP contribution is 2.17. The van der Waals surface area contributed by atoms with E-state index in [0.29, 0.717) is 5.69 Å². The lowest BCUT2D eigenvalue weighted by Gasteiger charge is -2.13. The number of halogens is 2. The second-order valence-corrected chi connectivity index (χ2v) is 4.48. The van der Waals surface area contributed by atoms with Crippen molar-refractivity contribution in [1.29, 1.82) is 0 Å². The van der Waals surface area contributed by atoms with E-state index in [1.54, 1.807) is 6.92 Å². The van der Waals surface area contributed by atoms with Gasteiger partial charge in [-0.05, 0) is 19.1 Å². The molecule has 0 fully saturated rings. The van der Waals surface area contributed by atoms with Gasteiger partial charge in [0.05, 0.1) is 7.11 Å². The summed E-state index contributed by atoms with van der Waals surface area (Å²) in [4.78, 5) is 27.4. The number of carbonyl (C=O) groups excluding carboxylic acids is 1. The van der Waals surface area contributed by atoms with E-state index in [0.717, 1.165) is 16.7 Å². The predicted molar refractivity (Wildman–Crippen MR) is 74.9 cm³/mol. The van der Waals surface area contributed by atoms with Crippen molar-refractivity contribution >= 4 is 17.6 Å². The molecule has 1 aromatic heterocycles. The third kappa shape index (κ3) is 3.46. The molecule has 0 radical (unpaired) electrons. The van der Waals surface area contributed by atoms with Crippen LogP contribution in [0.4, 0.5) is 20.4 Å². The quantitative estimate of drug-likeness (QED) is 0.871. The van der Waals surface area contributed by atoms with Gasteiger partial charge in [-0.3, -0.25) is 14.2 Å². The molecule has 8 heteroatoms. The lowest BCUT2D eigenvalue weighted by atomic mass is 10.3. The van der Waals surface area contributed by atoms with Crippen molar-refractivity contribution in [2.24, 2.45) is 0 Å². The Morgan fingerprint density at radius 1 is 1.32 bits per heavy atom. The number of hydrogen-bond acceptors (Lipinski definition) is 5. The molecule has 0 atom stereocenters. The Kier molecular flexibility index (Phi) is 4.50. The Bertz CT molecular complexity index is 774. The van der Waals surface area contributed by atoms with Gasteiger partial charge >= 0.3 is 5.97 Å². The Morgan fingerprint density at radius 3 is 2.68 bits per heavy atom. The van der Waals surface area contributed by atoms with Crippen LogP contribution in [0.5, 0.6) is 0 Å². The zero-order valence-corrected chi connectivity index (χ0v) is 11.9. The molecule has 2 aromatic rings. The summed E-state index contributed by atoms with van der Waals surface area (Å²) in [5, 5.41) is 2.69. The topological polar surface area (TPSA) is 73.2 Å². The lowest BCUT2D eigenvalue weighted by molar-refractivity contribution is -0.141. The molecular weight excluding hydrogens is 296 g/mol. The molecule has 22 heavy (non-hydrogen) atoms. The number of nitrogens with one attached hydrogen (secondary N) is 1. The Labute approximate surface area is 124 Å². The van der Waals surface area contributed by atoms with Gasteiger partial charge in [0.25, 0.3) is 5.56 Å². The van der Waals surface area contributed by atoms with Gasteiger partial charge in [0.2, 0.25) is 5.95 Å². The van der Waals surface area contributed by atoms with Gasteiger partial charge < -0.3 is 10.1 Å². The van der Waals surface area contributed by atoms with Crippen LogP contribution >= 0.6 is 0 Å². The molecule has 0 aliphatic rings.